The Kier molecular flexibility index (Phi) is 8.75. The molecule has 1 atom stereocenters. The monoisotopic (exact) mass is 520 g/mol. The summed E-state index contributed by atoms with van der Waals surface area (Å²) in [5, 5.41) is 10.9. The predicted octanol–water partition coefficient (Wildman–Crippen LogP) is 5.85. The number of carbonyl (C=O) groups is 1. The molecular formula is C28H32ClF3N2O2. The van der Waals surface area contributed by atoms with E-state index in [0.717, 1.165) is 55.9 Å². The Balaban J connectivity index is 1.25. The molecule has 36 heavy (non-hydrogen) atoms. The summed E-state index contributed by atoms with van der Waals surface area (Å²) in [5.74, 6) is 0.691. The molecule has 2 heterocycles. The van der Waals surface area contributed by atoms with Gasteiger partial charge in [0, 0.05) is 30.2 Å². The van der Waals surface area contributed by atoms with Gasteiger partial charge in [0.2, 0.25) is 5.91 Å². The molecule has 0 saturated carbocycles. The van der Waals surface area contributed by atoms with Gasteiger partial charge in [0.25, 0.3) is 0 Å². The average molecular weight is 521 g/mol. The van der Waals surface area contributed by atoms with E-state index in [2.05, 4.69) is 17.0 Å². The quantitative estimate of drug-likeness (QED) is 0.486. The highest BCUT2D eigenvalue weighted by atomic mass is 35.5. The lowest BCUT2D eigenvalue weighted by atomic mass is 9.85. The number of benzene rings is 2. The van der Waals surface area contributed by atoms with Gasteiger partial charge in [-0.25, -0.2) is 0 Å². The molecule has 2 saturated heterocycles. The molecule has 2 aromatic rings. The zero-order valence-corrected chi connectivity index (χ0v) is 20.9. The van der Waals surface area contributed by atoms with E-state index in [-0.39, 0.29) is 18.6 Å². The molecule has 1 N–H and O–H groups in total. The van der Waals surface area contributed by atoms with E-state index >= 15 is 0 Å². The number of alkyl halides is 3. The number of hydrogen-bond donors (Lipinski definition) is 1. The lowest BCUT2D eigenvalue weighted by molar-refractivity contribution is -0.137. The van der Waals surface area contributed by atoms with Crippen LogP contribution in [0.1, 0.15) is 48.3 Å². The molecule has 1 unspecified atom stereocenters. The second-order valence-corrected chi connectivity index (χ2v) is 10.2. The molecule has 4 rings (SSSR count). The number of aliphatic hydroxyl groups is 1. The van der Waals surface area contributed by atoms with Crippen LogP contribution in [0.3, 0.4) is 0 Å². The van der Waals surface area contributed by atoms with Crippen LogP contribution in [-0.4, -0.2) is 59.6 Å². The fraction of sp³-hybridized carbons (Fsp3) is 0.464. The number of halogens is 4. The highest BCUT2D eigenvalue weighted by Gasteiger charge is 2.33. The van der Waals surface area contributed by atoms with Gasteiger partial charge in [0.1, 0.15) is 0 Å². The van der Waals surface area contributed by atoms with Gasteiger partial charge < -0.3 is 10.0 Å². The molecule has 1 amide bonds. The Morgan fingerprint density at radius 3 is 2.14 bits per heavy atom. The summed E-state index contributed by atoms with van der Waals surface area (Å²) in [6.45, 7) is 3.20. The van der Waals surface area contributed by atoms with E-state index in [9.17, 15) is 23.1 Å². The molecule has 0 spiro atoms. The van der Waals surface area contributed by atoms with Gasteiger partial charge in [0.15, 0.2) is 0 Å². The predicted molar refractivity (Wildman–Crippen MR) is 136 cm³/mol. The van der Waals surface area contributed by atoms with Crippen LogP contribution in [0.25, 0.3) is 6.08 Å². The van der Waals surface area contributed by atoms with Crippen molar-refractivity contribution in [1.82, 2.24) is 9.80 Å². The minimum Gasteiger partial charge on any atom is -0.395 e. The molecule has 2 aliphatic heterocycles. The molecular weight excluding hydrogens is 489 g/mol. The van der Waals surface area contributed by atoms with Crippen molar-refractivity contribution in [2.75, 3.05) is 32.8 Å². The first-order valence-corrected chi connectivity index (χ1v) is 12.9. The fourth-order valence-corrected chi connectivity index (χ4v) is 5.55. The largest absolute Gasteiger partial charge is 0.416 e. The Bertz CT molecular complexity index is 1020. The summed E-state index contributed by atoms with van der Waals surface area (Å²) in [5.41, 5.74) is 1.16. The van der Waals surface area contributed by atoms with E-state index in [0.29, 0.717) is 30.5 Å². The Morgan fingerprint density at radius 1 is 0.972 bits per heavy atom. The van der Waals surface area contributed by atoms with Crippen LogP contribution in [-0.2, 0) is 11.0 Å². The standard InChI is InChI=1S/C28H32ClF3N2O2/c29-25-8-4-21(5-9-25)22-11-15-33(16-12-22)26(19-35)23-13-17-34(18-14-23)27(36)10-3-20-1-6-24(7-2-20)28(30,31)32/h1-10,22-23,26,35H,11-19H2/b10-3+. The third kappa shape index (κ3) is 6.69. The zero-order chi connectivity index (χ0) is 25.7. The molecule has 2 aromatic carbocycles. The summed E-state index contributed by atoms with van der Waals surface area (Å²) < 4.78 is 38.1. The second-order valence-electron chi connectivity index (χ2n) is 9.73. The van der Waals surface area contributed by atoms with Crippen molar-refractivity contribution in [3.8, 4) is 0 Å². The van der Waals surface area contributed by atoms with Gasteiger partial charge >= 0.3 is 6.18 Å². The van der Waals surface area contributed by atoms with Gasteiger partial charge in [-0.15, -0.1) is 0 Å². The smallest absolute Gasteiger partial charge is 0.395 e. The number of amides is 1. The maximum atomic E-state index is 12.7. The zero-order valence-electron chi connectivity index (χ0n) is 20.1. The average Bonchev–Trinajstić information content (AvgIpc) is 2.89. The summed E-state index contributed by atoms with van der Waals surface area (Å²) in [7, 11) is 0. The van der Waals surface area contributed by atoms with E-state index in [4.69, 9.17) is 11.6 Å². The number of rotatable bonds is 6. The lowest BCUT2D eigenvalue weighted by Crippen LogP contribution is -2.50. The van der Waals surface area contributed by atoms with Crippen molar-refractivity contribution in [2.24, 2.45) is 5.92 Å². The van der Waals surface area contributed by atoms with Crippen LogP contribution in [0.2, 0.25) is 5.02 Å². The number of carbonyl (C=O) groups excluding carboxylic acids is 1. The minimum atomic E-state index is -4.37. The van der Waals surface area contributed by atoms with Crippen molar-refractivity contribution >= 4 is 23.6 Å². The SMILES string of the molecule is O=C(/C=C/c1ccc(C(F)(F)F)cc1)N1CCC(C(CO)N2CCC(c3ccc(Cl)cc3)CC2)CC1. The first-order chi connectivity index (χ1) is 17.2. The first-order valence-electron chi connectivity index (χ1n) is 12.5. The van der Waals surface area contributed by atoms with E-state index in [1.54, 1.807) is 11.0 Å². The maximum Gasteiger partial charge on any atom is 0.416 e. The molecule has 2 fully saturated rings. The molecule has 4 nitrogen and oxygen atoms in total. The van der Waals surface area contributed by atoms with Crippen molar-refractivity contribution in [1.29, 1.82) is 0 Å². The third-order valence-electron chi connectivity index (χ3n) is 7.58. The Hall–Kier alpha value is -2.35. The normalized spacial score (nSPS) is 19.6. The Morgan fingerprint density at radius 2 is 1.58 bits per heavy atom. The molecule has 0 aliphatic carbocycles. The summed E-state index contributed by atoms with van der Waals surface area (Å²) >= 11 is 6.02. The van der Waals surface area contributed by atoms with Crippen LogP contribution in [0, 0.1) is 5.92 Å². The van der Waals surface area contributed by atoms with Gasteiger partial charge in [-0.05, 0) is 92.1 Å². The van der Waals surface area contributed by atoms with Crippen LogP contribution in [0.15, 0.2) is 54.6 Å². The van der Waals surface area contributed by atoms with Gasteiger partial charge in [0.05, 0.1) is 12.2 Å². The highest BCUT2D eigenvalue weighted by molar-refractivity contribution is 6.30. The number of hydrogen-bond acceptors (Lipinski definition) is 3. The van der Waals surface area contributed by atoms with Gasteiger partial charge in [-0.2, -0.15) is 13.2 Å². The van der Waals surface area contributed by atoms with Crippen LogP contribution in [0.4, 0.5) is 13.2 Å². The van der Waals surface area contributed by atoms with Crippen molar-refractivity contribution in [3.05, 3.63) is 76.3 Å². The maximum absolute atomic E-state index is 12.7. The summed E-state index contributed by atoms with van der Waals surface area (Å²) in [4.78, 5) is 16.8. The molecule has 194 valence electrons. The van der Waals surface area contributed by atoms with Crippen LogP contribution in [0.5, 0.6) is 0 Å². The molecule has 8 heteroatoms. The fourth-order valence-electron chi connectivity index (χ4n) is 5.42. The molecule has 0 bridgehead atoms. The lowest BCUT2D eigenvalue weighted by Gasteiger charge is -2.43. The molecule has 0 aromatic heterocycles. The topological polar surface area (TPSA) is 43.8 Å². The van der Waals surface area contributed by atoms with Crippen LogP contribution < -0.4 is 0 Å². The van der Waals surface area contributed by atoms with Crippen LogP contribution >= 0.6 is 11.6 Å². The van der Waals surface area contributed by atoms with Crippen molar-refractivity contribution in [2.45, 2.75) is 43.8 Å². The number of likely N-dealkylation sites (tertiary alicyclic amines) is 2. The van der Waals surface area contributed by atoms with Gasteiger partial charge in [-0.1, -0.05) is 35.9 Å². The van der Waals surface area contributed by atoms with Crippen molar-refractivity contribution < 1.29 is 23.1 Å². The number of nitrogens with zero attached hydrogens (tertiary/aromatic N) is 2. The van der Waals surface area contributed by atoms with Crippen molar-refractivity contribution in [3.63, 3.8) is 0 Å². The van der Waals surface area contributed by atoms with Gasteiger partial charge in [-0.3, -0.25) is 9.69 Å². The molecule has 2 aliphatic rings. The van der Waals surface area contributed by atoms with E-state index < -0.39 is 11.7 Å². The highest BCUT2D eigenvalue weighted by Crippen LogP contribution is 2.33. The molecule has 0 radical (unpaired) electrons. The third-order valence-corrected chi connectivity index (χ3v) is 7.83. The summed E-state index contributed by atoms with van der Waals surface area (Å²) in [6, 6.07) is 12.9. The first kappa shape index (κ1) is 26.7. The minimum absolute atomic E-state index is 0.0936. The second kappa shape index (κ2) is 11.8. The number of aliphatic hydroxyl groups excluding tert-OH is 1. The Labute approximate surface area is 215 Å². The van der Waals surface area contributed by atoms with E-state index in [1.165, 1.54) is 23.8 Å². The summed E-state index contributed by atoms with van der Waals surface area (Å²) in [6.07, 6.45) is 2.34. The van der Waals surface area contributed by atoms with E-state index in [1.807, 2.05) is 12.1 Å². The number of piperidine rings is 2.